The molecule has 0 aliphatic carbocycles. The van der Waals surface area contributed by atoms with Gasteiger partial charge in [0.05, 0.1) is 17.5 Å². The monoisotopic (exact) mass is 316 g/mol. The van der Waals surface area contributed by atoms with Crippen LogP contribution in [0.3, 0.4) is 0 Å². The van der Waals surface area contributed by atoms with Gasteiger partial charge in [0.1, 0.15) is 5.69 Å². The lowest BCUT2D eigenvalue weighted by atomic mass is 10.3. The number of ether oxygens (including phenoxy) is 1. The molecule has 0 saturated carbocycles. The summed E-state index contributed by atoms with van der Waals surface area (Å²) in [5.41, 5.74) is 0.314. The number of esters is 1. The van der Waals surface area contributed by atoms with Crippen LogP contribution in [0.1, 0.15) is 10.5 Å². The van der Waals surface area contributed by atoms with E-state index in [1.165, 1.54) is 37.7 Å². The van der Waals surface area contributed by atoms with Crippen molar-refractivity contribution in [3.8, 4) is 0 Å². The summed E-state index contributed by atoms with van der Waals surface area (Å²) in [6.45, 7) is 0. The number of rotatable bonds is 3. The second kappa shape index (κ2) is 5.27. The third kappa shape index (κ3) is 2.15. The Bertz CT molecular complexity index is 946. The topological polar surface area (TPSA) is 78.3 Å². The average molecular weight is 316 g/mol. The summed E-state index contributed by atoms with van der Waals surface area (Å²) in [7, 11) is -2.71. The third-order valence-corrected chi connectivity index (χ3v) is 4.98. The molecule has 112 valence electrons. The van der Waals surface area contributed by atoms with Gasteiger partial charge < -0.3 is 4.74 Å². The van der Waals surface area contributed by atoms with Crippen molar-refractivity contribution in [3.63, 3.8) is 0 Å². The third-order valence-electron chi connectivity index (χ3n) is 3.23. The highest BCUT2D eigenvalue weighted by Gasteiger charge is 2.26. The van der Waals surface area contributed by atoms with Crippen LogP contribution in [0.4, 0.5) is 0 Å². The van der Waals surface area contributed by atoms with Crippen molar-refractivity contribution in [1.29, 1.82) is 0 Å². The molecule has 0 aliphatic rings. The van der Waals surface area contributed by atoms with Crippen LogP contribution in [-0.4, -0.2) is 30.5 Å². The predicted molar refractivity (Wildman–Crippen MR) is 80.1 cm³/mol. The summed E-state index contributed by atoms with van der Waals surface area (Å²) in [5, 5.41) is 0.544. The quantitative estimate of drug-likeness (QED) is 0.691. The van der Waals surface area contributed by atoms with Crippen LogP contribution in [0.2, 0.25) is 0 Å². The Kier molecular flexibility index (Phi) is 3.42. The van der Waals surface area contributed by atoms with Gasteiger partial charge in [-0.3, -0.25) is 4.98 Å². The van der Waals surface area contributed by atoms with E-state index >= 15 is 0 Å². The number of nitrogens with zero attached hydrogens (tertiary/aromatic N) is 2. The first kappa shape index (κ1) is 14.3. The Balaban J connectivity index is 2.36. The van der Waals surface area contributed by atoms with Crippen LogP contribution < -0.4 is 0 Å². The minimum atomic E-state index is -3.92. The van der Waals surface area contributed by atoms with Crippen LogP contribution in [0.15, 0.2) is 59.8 Å². The van der Waals surface area contributed by atoms with Crippen molar-refractivity contribution in [2.45, 2.75) is 4.90 Å². The average Bonchev–Trinajstić information content (AvgIpc) is 2.95. The molecule has 2 heterocycles. The molecule has 0 N–H and O–H groups in total. The lowest BCUT2D eigenvalue weighted by Gasteiger charge is -2.10. The van der Waals surface area contributed by atoms with Crippen molar-refractivity contribution < 1.29 is 17.9 Å². The molecule has 1 aromatic carbocycles. The zero-order valence-corrected chi connectivity index (χ0v) is 12.4. The van der Waals surface area contributed by atoms with Crippen LogP contribution in [-0.2, 0) is 14.8 Å². The van der Waals surface area contributed by atoms with Crippen LogP contribution in [0.5, 0.6) is 0 Å². The number of aromatic nitrogens is 2. The zero-order chi connectivity index (χ0) is 15.7. The first-order valence-electron chi connectivity index (χ1n) is 6.40. The Hall–Kier alpha value is -2.67. The van der Waals surface area contributed by atoms with E-state index in [9.17, 15) is 13.2 Å². The number of carbonyl (C=O) groups is 1. The second-order valence-electron chi connectivity index (χ2n) is 4.54. The molecule has 0 bridgehead atoms. The molecular formula is C15H12N2O4S. The fourth-order valence-corrected chi connectivity index (χ4v) is 3.76. The first-order chi connectivity index (χ1) is 10.6. The second-order valence-corrected chi connectivity index (χ2v) is 6.32. The van der Waals surface area contributed by atoms with Crippen molar-refractivity contribution in [2.24, 2.45) is 0 Å². The van der Waals surface area contributed by atoms with Gasteiger partial charge in [0.2, 0.25) is 0 Å². The Morgan fingerprint density at radius 3 is 2.59 bits per heavy atom. The number of fused-ring (bicyclic) bond motifs is 1. The lowest BCUT2D eigenvalue weighted by molar-refractivity contribution is 0.0593. The van der Waals surface area contributed by atoms with Gasteiger partial charge in [-0.1, -0.05) is 18.2 Å². The molecule has 0 saturated heterocycles. The highest BCUT2D eigenvalue weighted by atomic mass is 32.2. The largest absolute Gasteiger partial charge is 0.464 e. The molecule has 3 aromatic rings. The smallest absolute Gasteiger partial charge is 0.355 e. The van der Waals surface area contributed by atoms with Gasteiger partial charge in [0.25, 0.3) is 10.0 Å². The van der Waals surface area contributed by atoms with Crippen LogP contribution in [0, 0.1) is 0 Å². The van der Waals surface area contributed by atoms with Gasteiger partial charge in [0.15, 0.2) is 0 Å². The number of hydrogen-bond donors (Lipinski definition) is 0. The summed E-state index contributed by atoms with van der Waals surface area (Å²) in [4.78, 5) is 16.0. The highest BCUT2D eigenvalue weighted by Crippen LogP contribution is 2.25. The van der Waals surface area contributed by atoms with Gasteiger partial charge in [-0.25, -0.2) is 17.2 Å². The molecule has 0 fully saturated rings. The molecule has 7 heteroatoms. The molecule has 0 unspecified atom stereocenters. The fraction of sp³-hybridized carbons (Fsp3) is 0.0667. The number of pyridine rings is 1. The molecule has 0 amide bonds. The van der Waals surface area contributed by atoms with Crippen molar-refractivity contribution in [3.05, 3.63) is 60.6 Å². The lowest BCUT2D eigenvalue weighted by Crippen LogP contribution is -2.19. The summed E-state index contributed by atoms with van der Waals surface area (Å²) < 4.78 is 31.5. The fourth-order valence-electron chi connectivity index (χ4n) is 2.23. The Morgan fingerprint density at radius 2 is 1.91 bits per heavy atom. The van der Waals surface area contributed by atoms with E-state index in [0.29, 0.717) is 10.9 Å². The Labute approximate surface area is 127 Å². The van der Waals surface area contributed by atoms with E-state index in [1.807, 2.05) is 0 Å². The van der Waals surface area contributed by atoms with Gasteiger partial charge in [-0.05, 0) is 24.3 Å². The van der Waals surface area contributed by atoms with E-state index in [0.717, 1.165) is 3.97 Å². The predicted octanol–water partition coefficient (Wildman–Crippen LogP) is 2.06. The van der Waals surface area contributed by atoms with Crippen molar-refractivity contribution >= 4 is 26.9 Å². The van der Waals surface area contributed by atoms with E-state index in [2.05, 4.69) is 4.98 Å². The van der Waals surface area contributed by atoms with Gasteiger partial charge in [-0.2, -0.15) is 0 Å². The van der Waals surface area contributed by atoms with Crippen LogP contribution in [0.25, 0.3) is 10.9 Å². The molecule has 0 radical (unpaired) electrons. The summed E-state index contributed by atoms with van der Waals surface area (Å²) in [6, 6.07) is 10.9. The first-order valence-corrected chi connectivity index (χ1v) is 7.84. The van der Waals surface area contributed by atoms with Crippen molar-refractivity contribution in [2.75, 3.05) is 7.11 Å². The number of carbonyl (C=O) groups excluding carboxylic acids is 1. The summed E-state index contributed by atoms with van der Waals surface area (Å²) in [5.74, 6) is -0.726. The van der Waals surface area contributed by atoms with E-state index in [-0.39, 0.29) is 10.6 Å². The molecule has 0 aliphatic heterocycles. The standard InChI is InChI=1S/C15H12N2O4S/c1-21-15(18)14-9-11-10-16-8-7-13(11)17(14)22(19,20)12-5-3-2-4-6-12/h2-10H,1H3. The van der Waals surface area contributed by atoms with Gasteiger partial charge in [0, 0.05) is 17.8 Å². The number of hydrogen-bond acceptors (Lipinski definition) is 5. The highest BCUT2D eigenvalue weighted by molar-refractivity contribution is 7.90. The van der Waals surface area contributed by atoms with Gasteiger partial charge >= 0.3 is 5.97 Å². The number of methoxy groups -OCH3 is 1. The summed E-state index contributed by atoms with van der Waals surface area (Å²) >= 11 is 0. The van der Waals surface area contributed by atoms with E-state index in [1.54, 1.807) is 24.3 Å². The van der Waals surface area contributed by atoms with E-state index < -0.39 is 16.0 Å². The molecule has 6 nitrogen and oxygen atoms in total. The minimum Gasteiger partial charge on any atom is -0.464 e. The van der Waals surface area contributed by atoms with Crippen molar-refractivity contribution in [1.82, 2.24) is 8.96 Å². The number of benzene rings is 1. The SMILES string of the molecule is COC(=O)c1cc2cnccc2n1S(=O)(=O)c1ccccc1. The molecule has 3 rings (SSSR count). The molecule has 2 aromatic heterocycles. The maximum Gasteiger partial charge on any atom is 0.355 e. The molecule has 0 atom stereocenters. The minimum absolute atomic E-state index is 0.0608. The molecular weight excluding hydrogens is 304 g/mol. The molecule has 22 heavy (non-hydrogen) atoms. The summed E-state index contributed by atoms with van der Waals surface area (Å²) in [6.07, 6.45) is 2.97. The van der Waals surface area contributed by atoms with Gasteiger partial charge in [-0.15, -0.1) is 0 Å². The van der Waals surface area contributed by atoms with Crippen LogP contribution >= 0.6 is 0 Å². The zero-order valence-electron chi connectivity index (χ0n) is 11.6. The van der Waals surface area contributed by atoms with E-state index in [4.69, 9.17) is 4.74 Å². The normalized spacial score (nSPS) is 11.5. The maximum atomic E-state index is 12.9. The Morgan fingerprint density at radius 1 is 1.18 bits per heavy atom. The maximum absolute atomic E-state index is 12.9. The molecule has 0 spiro atoms.